The molecule has 0 rings (SSSR count). The number of hydrogen-bond acceptors (Lipinski definition) is 2. The van der Waals surface area contributed by atoms with E-state index in [4.69, 9.17) is 10.2 Å². The summed E-state index contributed by atoms with van der Waals surface area (Å²) in [5.74, 6) is -0.628. The van der Waals surface area contributed by atoms with E-state index in [9.17, 15) is 0 Å². The molecule has 2 N–H and O–H groups in total. The highest BCUT2D eigenvalue weighted by Gasteiger charge is 2.13. The number of halogens is 3. The first-order valence-corrected chi connectivity index (χ1v) is 7.47. The van der Waals surface area contributed by atoms with Crippen molar-refractivity contribution < 1.29 is 10.2 Å². The molecule has 0 aliphatic heterocycles. The lowest BCUT2D eigenvalue weighted by Crippen LogP contribution is -2.12. The topological polar surface area (TPSA) is 40.5 Å². The molecule has 0 aliphatic rings. The standard InChI is InChI=1S/C9H15Br3O2/c10-5-3-1-2-4-7(11)8(12)6-9(13)14/h6-8,13-14H,1-5H2. The number of allylic oxidation sites excluding steroid dienone is 1. The highest BCUT2D eigenvalue weighted by molar-refractivity contribution is 9.12. The molecule has 2 atom stereocenters. The second-order valence-corrected chi connectivity index (χ2v) is 6.05. The Labute approximate surface area is 110 Å². The van der Waals surface area contributed by atoms with E-state index >= 15 is 0 Å². The monoisotopic (exact) mass is 392 g/mol. The fraction of sp³-hybridized carbons (Fsp3) is 0.778. The molecule has 0 aromatic carbocycles. The Balaban J connectivity index is 3.62. The Morgan fingerprint density at radius 2 is 1.79 bits per heavy atom. The van der Waals surface area contributed by atoms with Gasteiger partial charge in [-0.1, -0.05) is 60.6 Å². The molecule has 84 valence electrons. The van der Waals surface area contributed by atoms with Gasteiger partial charge in [0, 0.05) is 16.2 Å². The predicted molar refractivity (Wildman–Crippen MR) is 71.0 cm³/mol. The molecule has 0 fully saturated rings. The number of aliphatic hydroxyl groups excluding tert-OH is 1. The molecule has 0 aromatic rings. The van der Waals surface area contributed by atoms with Crippen molar-refractivity contribution in [3.63, 3.8) is 0 Å². The van der Waals surface area contributed by atoms with Crippen LogP contribution in [0.3, 0.4) is 0 Å². The van der Waals surface area contributed by atoms with Gasteiger partial charge >= 0.3 is 0 Å². The van der Waals surface area contributed by atoms with Crippen molar-refractivity contribution in [2.45, 2.75) is 35.3 Å². The number of aliphatic hydroxyl groups is 2. The molecule has 2 nitrogen and oxygen atoms in total. The van der Waals surface area contributed by atoms with Crippen molar-refractivity contribution in [3.8, 4) is 0 Å². The molecule has 14 heavy (non-hydrogen) atoms. The smallest absolute Gasteiger partial charge is 0.271 e. The average Bonchev–Trinajstić information content (AvgIpc) is 2.11. The second kappa shape index (κ2) is 9.04. The lowest BCUT2D eigenvalue weighted by Gasteiger charge is -2.12. The summed E-state index contributed by atoms with van der Waals surface area (Å²) in [6.07, 6.45) is 5.93. The summed E-state index contributed by atoms with van der Waals surface area (Å²) >= 11 is 10.2. The summed E-state index contributed by atoms with van der Waals surface area (Å²) in [6, 6.07) is 0. The van der Waals surface area contributed by atoms with Gasteiger partial charge in [-0.05, 0) is 12.8 Å². The molecule has 0 bridgehead atoms. The van der Waals surface area contributed by atoms with Crippen LogP contribution in [0.4, 0.5) is 0 Å². The average molecular weight is 395 g/mol. The van der Waals surface area contributed by atoms with Crippen LogP contribution >= 0.6 is 47.8 Å². The zero-order chi connectivity index (χ0) is 11.0. The van der Waals surface area contributed by atoms with Gasteiger partial charge in [-0.3, -0.25) is 0 Å². The zero-order valence-corrected chi connectivity index (χ0v) is 12.6. The van der Waals surface area contributed by atoms with E-state index in [1.807, 2.05) is 0 Å². The molecule has 5 heteroatoms. The molecule has 0 saturated heterocycles. The van der Waals surface area contributed by atoms with E-state index in [1.54, 1.807) is 0 Å². The lowest BCUT2D eigenvalue weighted by molar-refractivity contribution is 0.189. The summed E-state index contributed by atoms with van der Waals surface area (Å²) in [6.45, 7) is 0. The maximum absolute atomic E-state index is 8.64. The molecule has 0 heterocycles. The normalized spacial score (nSPS) is 14.8. The first-order chi connectivity index (χ1) is 6.57. The van der Waals surface area contributed by atoms with Crippen LogP contribution in [0.1, 0.15) is 25.7 Å². The van der Waals surface area contributed by atoms with Gasteiger partial charge in [0.2, 0.25) is 0 Å². The Kier molecular flexibility index (Phi) is 9.54. The third-order valence-electron chi connectivity index (χ3n) is 1.77. The van der Waals surface area contributed by atoms with E-state index < -0.39 is 5.95 Å². The van der Waals surface area contributed by atoms with Crippen LogP contribution in [0.5, 0.6) is 0 Å². The largest absolute Gasteiger partial charge is 0.481 e. The van der Waals surface area contributed by atoms with Crippen LogP contribution in [0, 0.1) is 0 Å². The Morgan fingerprint density at radius 1 is 1.14 bits per heavy atom. The lowest BCUT2D eigenvalue weighted by atomic mass is 10.1. The molecule has 2 unspecified atom stereocenters. The number of rotatable bonds is 7. The van der Waals surface area contributed by atoms with Crippen LogP contribution in [0.2, 0.25) is 0 Å². The van der Waals surface area contributed by atoms with Crippen LogP contribution in [-0.4, -0.2) is 25.2 Å². The Hall–Kier alpha value is 0.780. The molecular weight excluding hydrogens is 380 g/mol. The van der Waals surface area contributed by atoms with Gasteiger partial charge in [-0.2, -0.15) is 0 Å². The number of hydrogen-bond donors (Lipinski definition) is 2. The highest BCUT2D eigenvalue weighted by Crippen LogP contribution is 2.22. The van der Waals surface area contributed by atoms with Gasteiger partial charge in [-0.25, -0.2) is 0 Å². The Bertz CT molecular complexity index is 169. The molecule has 0 aliphatic carbocycles. The highest BCUT2D eigenvalue weighted by atomic mass is 79.9. The number of unbranched alkanes of at least 4 members (excludes halogenated alkanes) is 2. The van der Waals surface area contributed by atoms with Gasteiger partial charge in [0.25, 0.3) is 5.95 Å². The van der Waals surface area contributed by atoms with Crippen molar-refractivity contribution in [3.05, 3.63) is 12.0 Å². The Morgan fingerprint density at radius 3 is 2.29 bits per heavy atom. The summed E-state index contributed by atoms with van der Waals surface area (Å²) in [4.78, 5) is 0.212. The van der Waals surface area contributed by atoms with Gasteiger partial charge in [0.05, 0.1) is 4.83 Å². The third kappa shape index (κ3) is 8.12. The van der Waals surface area contributed by atoms with Crippen LogP contribution in [0.15, 0.2) is 12.0 Å². The van der Waals surface area contributed by atoms with E-state index in [0.717, 1.165) is 18.2 Å². The first-order valence-electron chi connectivity index (χ1n) is 4.51. The van der Waals surface area contributed by atoms with E-state index in [2.05, 4.69) is 47.8 Å². The van der Waals surface area contributed by atoms with Crippen molar-refractivity contribution in [2.75, 3.05) is 5.33 Å². The first kappa shape index (κ1) is 14.8. The summed E-state index contributed by atoms with van der Waals surface area (Å²) in [5, 5.41) is 18.3. The maximum atomic E-state index is 8.64. The fourth-order valence-electron chi connectivity index (χ4n) is 1.02. The van der Waals surface area contributed by atoms with Crippen LogP contribution in [0.25, 0.3) is 0 Å². The molecular formula is C9H15Br3O2. The van der Waals surface area contributed by atoms with Gasteiger partial charge in [-0.15, -0.1) is 0 Å². The van der Waals surface area contributed by atoms with E-state index in [-0.39, 0.29) is 9.65 Å². The van der Waals surface area contributed by atoms with Gasteiger partial charge < -0.3 is 10.2 Å². The predicted octanol–water partition coefficient (Wildman–Crippen LogP) is 4.43. The van der Waals surface area contributed by atoms with E-state index in [1.165, 1.54) is 18.9 Å². The quantitative estimate of drug-likeness (QED) is 0.381. The van der Waals surface area contributed by atoms with Gasteiger partial charge in [0.1, 0.15) is 0 Å². The van der Waals surface area contributed by atoms with Crippen molar-refractivity contribution in [2.24, 2.45) is 0 Å². The summed E-state index contributed by atoms with van der Waals surface area (Å²) in [5.41, 5.74) is 0. The third-order valence-corrected chi connectivity index (χ3v) is 4.97. The van der Waals surface area contributed by atoms with Crippen molar-refractivity contribution in [1.29, 1.82) is 0 Å². The fourth-order valence-corrected chi connectivity index (χ4v) is 2.39. The minimum Gasteiger partial charge on any atom is -0.481 e. The molecule has 0 amide bonds. The SMILES string of the molecule is OC(O)=CC(Br)C(Br)CCCCCBr. The summed E-state index contributed by atoms with van der Waals surface area (Å²) < 4.78 is 0. The molecule has 0 saturated carbocycles. The number of alkyl halides is 3. The van der Waals surface area contributed by atoms with Crippen molar-refractivity contribution in [1.82, 2.24) is 0 Å². The maximum Gasteiger partial charge on any atom is 0.271 e. The van der Waals surface area contributed by atoms with Crippen LogP contribution in [-0.2, 0) is 0 Å². The molecule has 0 radical (unpaired) electrons. The minimum absolute atomic E-state index is 0.0310. The summed E-state index contributed by atoms with van der Waals surface area (Å²) in [7, 11) is 0. The second-order valence-electron chi connectivity index (χ2n) is 3.02. The van der Waals surface area contributed by atoms with Crippen LogP contribution < -0.4 is 0 Å². The van der Waals surface area contributed by atoms with E-state index in [0.29, 0.717) is 0 Å². The van der Waals surface area contributed by atoms with Gasteiger partial charge in [0.15, 0.2) is 0 Å². The minimum atomic E-state index is -0.628. The molecule has 0 aromatic heterocycles. The molecule has 0 spiro atoms. The van der Waals surface area contributed by atoms with Crippen molar-refractivity contribution >= 4 is 47.8 Å². The zero-order valence-electron chi connectivity index (χ0n) is 7.80.